The number of carbonyl (C=O) groups is 2. The first-order chi connectivity index (χ1) is 11.6. The van der Waals surface area contributed by atoms with Crippen molar-refractivity contribution in [3.8, 4) is 17.6 Å². The summed E-state index contributed by atoms with van der Waals surface area (Å²) in [6, 6.07) is 6.17. The van der Waals surface area contributed by atoms with Crippen LogP contribution in [-0.2, 0) is 11.3 Å². The quantitative estimate of drug-likeness (QED) is 0.863. The smallest absolute Gasteiger partial charge is 0.325 e. The molecule has 0 saturated heterocycles. The molecule has 0 fully saturated rings. The molecule has 9 heteroatoms. The van der Waals surface area contributed by atoms with Crippen LogP contribution in [0.3, 0.4) is 0 Å². The molecule has 2 N–H and O–H groups in total. The van der Waals surface area contributed by atoms with Gasteiger partial charge in [0.2, 0.25) is 5.91 Å². The number of nitrogens with zero attached hydrogens (tertiary/aromatic N) is 3. The Bertz CT molecular complexity index is 824. The Morgan fingerprint density at radius 3 is 2.83 bits per heavy atom. The van der Waals surface area contributed by atoms with Gasteiger partial charge in [-0.2, -0.15) is 10.4 Å². The first-order valence-electron chi connectivity index (χ1n) is 7.07. The lowest BCUT2D eigenvalue weighted by atomic mass is 10.2. The molecule has 3 amide bonds. The number of carbonyl (C=O) groups excluding carboxylic acids is 2. The van der Waals surface area contributed by atoms with Crippen LogP contribution in [0.1, 0.15) is 5.56 Å². The fourth-order valence-corrected chi connectivity index (χ4v) is 2.10. The van der Waals surface area contributed by atoms with E-state index >= 15 is 0 Å². The summed E-state index contributed by atoms with van der Waals surface area (Å²) in [5.74, 6) is 0.582. The third kappa shape index (κ3) is 3.61. The van der Waals surface area contributed by atoms with Crippen LogP contribution in [-0.4, -0.2) is 34.9 Å². The van der Waals surface area contributed by atoms with E-state index in [2.05, 4.69) is 15.7 Å². The second kappa shape index (κ2) is 6.70. The maximum absolute atomic E-state index is 11.8. The summed E-state index contributed by atoms with van der Waals surface area (Å²) < 4.78 is 12.1. The van der Waals surface area contributed by atoms with Gasteiger partial charge in [-0.25, -0.2) is 4.79 Å². The SMILES string of the molecule is N#Cc1cnn(CC(=O)NC(=O)Nc2ccc3c(c2)OCCO3)c1. The number of anilines is 1. The number of aromatic nitrogens is 2. The Balaban J connectivity index is 1.55. The zero-order valence-corrected chi connectivity index (χ0v) is 12.5. The minimum absolute atomic E-state index is 0.170. The normalized spacial score (nSPS) is 12.1. The fourth-order valence-electron chi connectivity index (χ4n) is 2.10. The molecule has 0 radical (unpaired) electrons. The number of amides is 3. The maximum Gasteiger partial charge on any atom is 0.325 e. The van der Waals surface area contributed by atoms with Gasteiger partial charge in [-0.05, 0) is 12.1 Å². The molecule has 2 aromatic rings. The number of hydrogen-bond donors (Lipinski definition) is 2. The molecule has 1 aromatic carbocycles. The minimum atomic E-state index is -0.677. The van der Waals surface area contributed by atoms with Crippen molar-refractivity contribution in [3.05, 3.63) is 36.2 Å². The van der Waals surface area contributed by atoms with Crippen molar-refractivity contribution in [3.63, 3.8) is 0 Å². The number of fused-ring (bicyclic) bond motifs is 1. The van der Waals surface area contributed by atoms with E-state index in [1.165, 1.54) is 17.1 Å². The zero-order chi connectivity index (χ0) is 16.9. The number of imide groups is 1. The molecule has 0 aliphatic carbocycles. The molecule has 1 aliphatic heterocycles. The van der Waals surface area contributed by atoms with Crippen LogP contribution >= 0.6 is 0 Å². The molecular formula is C15H13N5O4. The van der Waals surface area contributed by atoms with Crippen molar-refractivity contribution >= 4 is 17.6 Å². The molecule has 24 heavy (non-hydrogen) atoms. The first kappa shape index (κ1) is 15.4. The van der Waals surface area contributed by atoms with E-state index in [0.29, 0.717) is 36.0 Å². The molecule has 0 bridgehead atoms. The van der Waals surface area contributed by atoms with Crippen LogP contribution in [0.5, 0.6) is 11.5 Å². The highest BCUT2D eigenvalue weighted by atomic mass is 16.6. The highest BCUT2D eigenvalue weighted by Gasteiger charge is 2.14. The molecule has 0 unspecified atom stereocenters. The average Bonchev–Trinajstić information content (AvgIpc) is 3.02. The second-order valence-electron chi connectivity index (χ2n) is 4.90. The molecular weight excluding hydrogens is 314 g/mol. The third-order valence-corrected chi connectivity index (χ3v) is 3.12. The van der Waals surface area contributed by atoms with Gasteiger partial charge >= 0.3 is 6.03 Å². The zero-order valence-electron chi connectivity index (χ0n) is 12.5. The Hall–Kier alpha value is -3.54. The largest absolute Gasteiger partial charge is 0.486 e. The predicted molar refractivity (Wildman–Crippen MR) is 81.5 cm³/mol. The standard InChI is InChI=1S/C15H13N5O4/c16-6-10-7-17-20(8-10)9-14(21)19-15(22)18-11-1-2-12-13(5-11)24-4-3-23-12/h1-2,5,7-8H,3-4,9H2,(H2,18,19,21,22). The molecule has 0 spiro atoms. The van der Waals surface area contributed by atoms with Crippen molar-refractivity contribution in [1.29, 1.82) is 5.26 Å². The molecule has 0 atom stereocenters. The number of ether oxygens (including phenoxy) is 2. The number of benzene rings is 1. The number of nitrogens with one attached hydrogen (secondary N) is 2. The van der Waals surface area contributed by atoms with E-state index in [9.17, 15) is 9.59 Å². The lowest BCUT2D eigenvalue weighted by Crippen LogP contribution is -2.36. The minimum Gasteiger partial charge on any atom is -0.486 e. The van der Waals surface area contributed by atoms with Crippen LogP contribution in [0.25, 0.3) is 0 Å². The highest BCUT2D eigenvalue weighted by molar-refractivity contribution is 6.01. The summed E-state index contributed by atoms with van der Waals surface area (Å²) in [5.41, 5.74) is 0.805. The maximum atomic E-state index is 11.8. The summed E-state index contributed by atoms with van der Waals surface area (Å²) in [4.78, 5) is 23.6. The van der Waals surface area contributed by atoms with Crippen LogP contribution in [0.2, 0.25) is 0 Å². The number of hydrogen-bond acceptors (Lipinski definition) is 6. The van der Waals surface area contributed by atoms with E-state index < -0.39 is 11.9 Å². The first-order valence-corrected chi connectivity index (χ1v) is 7.07. The molecule has 0 saturated carbocycles. The number of rotatable bonds is 3. The summed E-state index contributed by atoms with van der Waals surface area (Å²) in [6.45, 7) is 0.752. The lowest BCUT2D eigenvalue weighted by molar-refractivity contribution is -0.120. The van der Waals surface area contributed by atoms with Crippen LogP contribution in [0, 0.1) is 11.3 Å². The van der Waals surface area contributed by atoms with E-state index in [1.807, 2.05) is 6.07 Å². The molecule has 9 nitrogen and oxygen atoms in total. The Morgan fingerprint density at radius 1 is 1.29 bits per heavy atom. The van der Waals surface area contributed by atoms with Crippen molar-refractivity contribution in [1.82, 2.24) is 15.1 Å². The van der Waals surface area contributed by atoms with Crippen LogP contribution < -0.4 is 20.1 Å². The monoisotopic (exact) mass is 327 g/mol. The van der Waals surface area contributed by atoms with Gasteiger partial charge in [0.15, 0.2) is 11.5 Å². The van der Waals surface area contributed by atoms with Crippen molar-refractivity contribution < 1.29 is 19.1 Å². The topological polar surface area (TPSA) is 118 Å². The Kier molecular flexibility index (Phi) is 4.29. The van der Waals surface area contributed by atoms with Crippen LogP contribution in [0.15, 0.2) is 30.6 Å². The number of urea groups is 1. The summed E-state index contributed by atoms with van der Waals surface area (Å²) in [6.07, 6.45) is 2.75. The number of nitriles is 1. The van der Waals surface area contributed by atoms with E-state index in [0.717, 1.165) is 0 Å². The molecule has 122 valence electrons. The van der Waals surface area contributed by atoms with E-state index in [4.69, 9.17) is 14.7 Å². The van der Waals surface area contributed by atoms with Gasteiger partial charge in [0.05, 0.1) is 11.8 Å². The van der Waals surface area contributed by atoms with Crippen molar-refractivity contribution in [2.45, 2.75) is 6.54 Å². The predicted octanol–water partition coefficient (Wildman–Crippen LogP) is 0.874. The highest BCUT2D eigenvalue weighted by Crippen LogP contribution is 2.32. The van der Waals surface area contributed by atoms with E-state index in [-0.39, 0.29) is 6.54 Å². The Morgan fingerprint density at radius 2 is 2.08 bits per heavy atom. The van der Waals surface area contributed by atoms with Gasteiger partial charge in [0.25, 0.3) is 0 Å². The Labute approximate surface area is 136 Å². The fraction of sp³-hybridized carbons (Fsp3) is 0.200. The van der Waals surface area contributed by atoms with Crippen molar-refractivity contribution in [2.75, 3.05) is 18.5 Å². The molecule has 1 aromatic heterocycles. The second-order valence-corrected chi connectivity index (χ2v) is 4.90. The molecule has 3 rings (SSSR count). The van der Waals surface area contributed by atoms with Gasteiger partial charge in [0.1, 0.15) is 25.8 Å². The van der Waals surface area contributed by atoms with Gasteiger partial charge in [-0.1, -0.05) is 0 Å². The average molecular weight is 327 g/mol. The third-order valence-electron chi connectivity index (χ3n) is 3.12. The molecule has 1 aliphatic rings. The molecule has 2 heterocycles. The van der Waals surface area contributed by atoms with E-state index in [1.54, 1.807) is 18.2 Å². The lowest BCUT2D eigenvalue weighted by Gasteiger charge is -2.19. The van der Waals surface area contributed by atoms with Gasteiger partial charge in [0, 0.05) is 18.0 Å². The summed E-state index contributed by atoms with van der Waals surface area (Å²) in [5, 5.41) is 17.2. The van der Waals surface area contributed by atoms with Crippen molar-refractivity contribution in [2.24, 2.45) is 0 Å². The van der Waals surface area contributed by atoms with Gasteiger partial charge in [-0.3, -0.25) is 14.8 Å². The summed E-state index contributed by atoms with van der Waals surface area (Å²) >= 11 is 0. The summed E-state index contributed by atoms with van der Waals surface area (Å²) in [7, 11) is 0. The van der Waals surface area contributed by atoms with Crippen LogP contribution in [0.4, 0.5) is 10.5 Å². The van der Waals surface area contributed by atoms with Gasteiger partial charge in [-0.15, -0.1) is 0 Å². The van der Waals surface area contributed by atoms with Gasteiger partial charge < -0.3 is 14.8 Å².